The Morgan fingerprint density at radius 2 is 1.12 bits per heavy atom. The van der Waals surface area contributed by atoms with Gasteiger partial charge in [0.2, 0.25) is 0 Å². The second-order valence-corrected chi connectivity index (χ2v) is 25.6. The number of ether oxygens (including phenoxy) is 1. The molecule has 218 valence electrons. The van der Waals surface area contributed by atoms with E-state index in [-0.39, 0.29) is 5.41 Å². The van der Waals surface area contributed by atoms with Gasteiger partial charge in [0.05, 0.1) is 0 Å². The van der Waals surface area contributed by atoms with Crippen molar-refractivity contribution in [2.45, 2.75) is 84.9 Å². The summed E-state index contributed by atoms with van der Waals surface area (Å²) in [6.07, 6.45) is 8.08. The van der Waals surface area contributed by atoms with Gasteiger partial charge >= 0.3 is 202 Å². The summed E-state index contributed by atoms with van der Waals surface area (Å²) >= 11 is 9.99. The van der Waals surface area contributed by atoms with Crippen LogP contribution in [0.5, 0.6) is 5.75 Å². The first-order valence-electron chi connectivity index (χ1n) is 15.3. The third-order valence-corrected chi connectivity index (χ3v) is 24.7. The Labute approximate surface area is 258 Å². The van der Waals surface area contributed by atoms with Crippen LogP contribution < -0.4 is 13.6 Å². The summed E-state index contributed by atoms with van der Waals surface area (Å²) in [4.78, 5) is 0. The molecule has 0 amide bonds. The predicted molar refractivity (Wildman–Crippen MR) is 179 cm³/mol. The van der Waals surface area contributed by atoms with E-state index in [4.69, 9.17) is 27.9 Å². The maximum absolute atomic E-state index is 6.20. The van der Waals surface area contributed by atoms with Gasteiger partial charge in [-0.15, -0.1) is 0 Å². The molecule has 0 unspecified atom stereocenters. The number of rotatable bonds is 18. The van der Waals surface area contributed by atoms with Crippen LogP contribution in [-0.2, 0) is 5.41 Å². The van der Waals surface area contributed by atoms with Gasteiger partial charge < -0.3 is 0 Å². The normalized spacial score (nSPS) is 12.1. The molecule has 0 aromatic heterocycles. The van der Waals surface area contributed by atoms with Gasteiger partial charge in [-0.2, -0.15) is 0 Å². The summed E-state index contributed by atoms with van der Waals surface area (Å²) < 4.78 is 12.4. The first-order chi connectivity index (χ1) is 19.4. The van der Waals surface area contributed by atoms with Gasteiger partial charge in [0.25, 0.3) is 0 Å². The van der Waals surface area contributed by atoms with Gasteiger partial charge in [-0.25, -0.2) is 0 Å². The molecule has 2 nitrogen and oxygen atoms in total. The van der Waals surface area contributed by atoms with Crippen LogP contribution in [0.15, 0.2) is 72.8 Å². The van der Waals surface area contributed by atoms with E-state index in [9.17, 15) is 0 Å². The molecule has 1 N–H and O–H groups in total. The minimum absolute atomic E-state index is 0.220. The molecule has 0 bridgehead atoms. The zero-order valence-electron chi connectivity index (χ0n) is 25.1. The molecule has 3 aromatic carbocycles. The van der Waals surface area contributed by atoms with Crippen LogP contribution in [0.3, 0.4) is 0 Å². The SMILES string of the molecule is CCC[CH2][Sn]([CH2]CCC)([CH2]CCC)[c]1ccc(OCCNCC(C)(c2ccc(Cl)cc2)c2ccc(Cl)cc2)cc1. The molecule has 0 heterocycles. The Morgan fingerprint density at radius 1 is 0.675 bits per heavy atom. The van der Waals surface area contributed by atoms with Crippen molar-refractivity contribution in [2.75, 3.05) is 19.7 Å². The van der Waals surface area contributed by atoms with Crippen molar-refractivity contribution in [2.24, 2.45) is 0 Å². The van der Waals surface area contributed by atoms with E-state index in [0.29, 0.717) is 6.61 Å². The van der Waals surface area contributed by atoms with Gasteiger partial charge in [-0.05, 0) is 24.3 Å². The van der Waals surface area contributed by atoms with Crippen molar-refractivity contribution >= 4 is 45.2 Å². The Balaban J connectivity index is 1.62. The standard InChI is InChI=1S/C23H22Cl2NO.3C4H9.Sn/c1-23(18-7-11-20(24)12-8-18,19-9-13-21(25)14-10-19)17-26-15-16-27-22-5-3-2-4-6-22;3*1-3-4-2;/h3-14,26H,15-17H2,1H3;3*1,3-4H2,2H3;. The van der Waals surface area contributed by atoms with Crippen LogP contribution in [0, 0.1) is 0 Å². The average Bonchev–Trinajstić information content (AvgIpc) is 2.98. The van der Waals surface area contributed by atoms with Gasteiger partial charge in [0.15, 0.2) is 0 Å². The van der Waals surface area contributed by atoms with Crippen molar-refractivity contribution in [3.63, 3.8) is 0 Å². The summed E-state index contributed by atoms with van der Waals surface area (Å²) in [5.41, 5.74) is 2.21. The fraction of sp³-hybridized carbons (Fsp3) is 0.486. The summed E-state index contributed by atoms with van der Waals surface area (Å²) in [6, 6.07) is 25.6. The molecule has 0 aliphatic heterocycles. The molecule has 0 aliphatic rings. The summed E-state index contributed by atoms with van der Waals surface area (Å²) in [5, 5.41) is 5.14. The van der Waals surface area contributed by atoms with E-state index in [0.717, 1.165) is 28.9 Å². The fourth-order valence-electron chi connectivity index (χ4n) is 5.84. The predicted octanol–water partition coefficient (Wildman–Crippen LogP) is 10.0. The number of hydrogen-bond acceptors (Lipinski definition) is 2. The van der Waals surface area contributed by atoms with E-state index in [2.05, 4.69) is 81.5 Å². The molecule has 0 radical (unpaired) electrons. The van der Waals surface area contributed by atoms with E-state index in [1.807, 2.05) is 24.3 Å². The number of benzene rings is 3. The molecule has 0 fully saturated rings. The molecule has 5 heteroatoms. The molecule has 3 aromatic rings. The number of hydrogen-bond donors (Lipinski definition) is 1. The van der Waals surface area contributed by atoms with Crippen LogP contribution in [-0.4, -0.2) is 38.1 Å². The van der Waals surface area contributed by atoms with Crippen LogP contribution in [0.4, 0.5) is 0 Å². The molecule has 0 atom stereocenters. The first-order valence-corrected chi connectivity index (χ1v) is 23.6. The summed E-state index contributed by atoms with van der Waals surface area (Å²) in [5.74, 6) is 0.977. The fourth-order valence-corrected chi connectivity index (χ4v) is 22.0. The molecule has 3 rings (SSSR count). The van der Waals surface area contributed by atoms with Gasteiger partial charge in [0.1, 0.15) is 0 Å². The van der Waals surface area contributed by atoms with Crippen LogP contribution in [0.2, 0.25) is 23.4 Å². The van der Waals surface area contributed by atoms with E-state index >= 15 is 0 Å². The third-order valence-electron chi connectivity index (χ3n) is 8.48. The van der Waals surface area contributed by atoms with Gasteiger partial charge in [-0.3, -0.25) is 0 Å². The van der Waals surface area contributed by atoms with Crippen LogP contribution in [0.1, 0.15) is 77.3 Å². The first kappa shape index (κ1) is 33.3. The summed E-state index contributed by atoms with van der Waals surface area (Å²) in [7, 11) is 0. The minimum atomic E-state index is -2.39. The topological polar surface area (TPSA) is 21.3 Å². The Morgan fingerprint density at radius 3 is 1.55 bits per heavy atom. The van der Waals surface area contributed by atoms with Crippen molar-refractivity contribution < 1.29 is 4.74 Å². The average molecular weight is 689 g/mol. The molecule has 40 heavy (non-hydrogen) atoms. The van der Waals surface area contributed by atoms with E-state index in [1.54, 1.807) is 3.58 Å². The van der Waals surface area contributed by atoms with E-state index in [1.165, 1.54) is 63.0 Å². The van der Waals surface area contributed by atoms with Crippen molar-refractivity contribution in [1.29, 1.82) is 0 Å². The molecular formula is C35H49Cl2NOSn. The zero-order valence-corrected chi connectivity index (χ0v) is 29.4. The summed E-state index contributed by atoms with van der Waals surface area (Å²) in [6.45, 7) is 11.5. The molecule has 0 saturated carbocycles. The molecule has 0 saturated heterocycles. The van der Waals surface area contributed by atoms with Crippen molar-refractivity contribution in [3.05, 3.63) is 94.0 Å². The number of unbranched alkanes of at least 4 members (excludes halogenated alkanes) is 3. The molecule has 0 aliphatic carbocycles. The monoisotopic (exact) mass is 689 g/mol. The molecular weight excluding hydrogens is 640 g/mol. The second kappa shape index (κ2) is 17.0. The Bertz CT molecular complexity index is 1050. The van der Waals surface area contributed by atoms with Crippen molar-refractivity contribution in [3.8, 4) is 5.75 Å². The Hall–Kier alpha value is -1.20. The third kappa shape index (κ3) is 9.41. The van der Waals surface area contributed by atoms with Gasteiger partial charge in [-0.1, -0.05) is 23.2 Å². The Kier molecular flexibility index (Phi) is 14.2. The van der Waals surface area contributed by atoms with Gasteiger partial charge in [0, 0.05) is 10.0 Å². The second-order valence-electron chi connectivity index (χ2n) is 11.5. The van der Waals surface area contributed by atoms with Crippen molar-refractivity contribution in [1.82, 2.24) is 5.32 Å². The number of halogens is 2. The maximum atomic E-state index is 6.20. The number of nitrogens with one attached hydrogen (secondary N) is 1. The van der Waals surface area contributed by atoms with Crippen LogP contribution in [0.25, 0.3) is 0 Å². The zero-order chi connectivity index (χ0) is 28.8. The van der Waals surface area contributed by atoms with Crippen LogP contribution >= 0.6 is 23.2 Å². The van der Waals surface area contributed by atoms with E-state index < -0.39 is 18.4 Å². The molecule has 0 spiro atoms. The quantitative estimate of drug-likeness (QED) is 0.106.